The Kier molecular flexibility index (Phi) is 5.68. The molecule has 0 aliphatic rings. The number of aromatic amines is 1. The third-order valence-corrected chi connectivity index (χ3v) is 5.36. The molecule has 31 heavy (non-hydrogen) atoms. The largest absolute Gasteiger partial charge is 0.382 e. The molecule has 0 aliphatic carbocycles. The lowest BCUT2D eigenvalue weighted by Crippen LogP contribution is -2.31. The molecule has 7 heteroatoms. The summed E-state index contributed by atoms with van der Waals surface area (Å²) in [6, 6.07) is 16.7. The summed E-state index contributed by atoms with van der Waals surface area (Å²) in [5.41, 5.74) is 4.92. The Bertz CT molecular complexity index is 1290. The maximum absolute atomic E-state index is 12.9. The van der Waals surface area contributed by atoms with Crippen LogP contribution < -0.4 is 10.9 Å². The predicted octanol–water partition coefficient (Wildman–Crippen LogP) is 3.42. The molecule has 1 atom stereocenters. The number of ether oxygens (including phenoxy) is 1. The van der Waals surface area contributed by atoms with E-state index in [4.69, 9.17) is 4.74 Å². The molecular weight excluding hydrogens is 392 g/mol. The monoisotopic (exact) mass is 416 g/mol. The molecule has 4 aromatic rings. The molecule has 2 aromatic heterocycles. The van der Waals surface area contributed by atoms with E-state index in [1.807, 2.05) is 62.4 Å². The van der Waals surface area contributed by atoms with Gasteiger partial charge < -0.3 is 15.0 Å². The Morgan fingerprint density at radius 1 is 1.13 bits per heavy atom. The summed E-state index contributed by atoms with van der Waals surface area (Å²) < 4.78 is 6.71. The number of hydrogen-bond acceptors (Lipinski definition) is 4. The highest BCUT2D eigenvalue weighted by atomic mass is 16.5. The zero-order valence-corrected chi connectivity index (χ0v) is 17.7. The van der Waals surface area contributed by atoms with Crippen molar-refractivity contribution in [1.29, 1.82) is 0 Å². The van der Waals surface area contributed by atoms with E-state index in [1.165, 1.54) is 16.1 Å². The maximum atomic E-state index is 12.9. The number of methoxy groups -OCH3 is 1. The fourth-order valence-corrected chi connectivity index (χ4v) is 3.48. The van der Waals surface area contributed by atoms with Gasteiger partial charge in [-0.05, 0) is 42.2 Å². The van der Waals surface area contributed by atoms with Gasteiger partial charge in [-0.25, -0.2) is 4.52 Å². The zero-order valence-electron chi connectivity index (χ0n) is 17.7. The first-order valence-corrected chi connectivity index (χ1v) is 10.0. The number of carbonyl (C=O) groups is 1. The number of benzene rings is 2. The van der Waals surface area contributed by atoms with E-state index in [9.17, 15) is 9.59 Å². The van der Waals surface area contributed by atoms with Crippen LogP contribution in [-0.2, 0) is 4.74 Å². The molecule has 2 N–H and O–H groups in total. The highest BCUT2D eigenvalue weighted by Crippen LogP contribution is 2.20. The minimum absolute atomic E-state index is 0.166. The fraction of sp³-hybridized carbons (Fsp3) is 0.208. The number of nitrogens with zero attached hydrogens (tertiary/aromatic N) is 2. The normalized spacial score (nSPS) is 12.1. The van der Waals surface area contributed by atoms with Crippen molar-refractivity contribution in [2.45, 2.75) is 19.9 Å². The second-order valence-corrected chi connectivity index (χ2v) is 7.55. The topological polar surface area (TPSA) is 88.5 Å². The number of fused-ring (bicyclic) bond motifs is 1. The molecule has 0 unspecified atom stereocenters. The lowest BCUT2D eigenvalue weighted by molar-refractivity contribution is 0.0891. The molecule has 2 aromatic carbocycles. The maximum Gasteiger partial charge on any atom is 0.274 e. The molecule has 2 heterocycles. The van der Waals surface area contributed by atoms with Gasteiger partial charge in [0, 0.05) is 13.2 Å². The van der Waals surface area contributed by atoms with E-state index in [-0.39, 0.29) is 23.2 Å². The van der Waals surface area contributed by atoms with Crippen LogP contribution in [0.15, 0.2) is 65.6 Å². The van der Waals surface area contributed by atoms with Gasteiger partial charge in [0.1, 0.15) is 5.52 Å². The summed E-state index contributed by atoms with van der Waals surface area (Å²) in [5, 5.41) is 7.29. The van der Waals surface area contributed by atoms with Crippen LogP contribution >= 0.6 is 0 Å². The third kappa shape index (κ3) is 4.27. The van der Waals surface area contributed by atoms with Crippen LogP contribution in [0.5, 0.6) is 0 Å². The van der Waals surface area contributed by atoms with Gasteiger partial charge in [0.25, 0.3) is 11.5 Å². The van der Waals surface area contributed by atoms with Gasteiger partial charge in [0.05, 0.1) is 24.5 Å². The minimum atomic E-state index is -0.373. The van der Waals surface area contributed by atoms with E-state index in [1.54, 1.807) is 13.3 Å². The first-order chi connectivity index (χ1) is 15.0. The molecule has 0 aliphatic heterocycles. The number of nitrogens with one attached hydrogen (secondary N) is 2. The molecule has 0 bridgehead atoms. The summed E-state index contributed by atoms with van der Waals surface area (Å²) in [6.07, 6.45) is 1.72. The number of rotatable bonds is 6. The molecular formula is C24H24N4O3. The number of amides is 1. The van der Waals surface area contributed by atoms with Crippen molar-refractivity contribution in [3.05, 3.63) is 93.5 Å². The standard InChI is InChI=1S/C24H24N4O3/c1-15-9-10-18(11-16(15)2)20-13-28-22(24(30)25-20)12-19(27-28)23(29)26-21(14-31-3)17-7-5-4-6-8-17/h4-13,21H,14H2,1-3H3,(H,25,30)(H,26,29)/t21-/m1/s1. The van der Waals surface area contributed by atoms with Crippen LogP contribution in [0.2, 0.25) is 0 Å². The van der Waals surface area contributed by atoms with Crippen LogP contribution in [0.25, 0.3) is 16.8 Å². The minimum Gasteiger partial charge on any atom is -0.382 e. The molecule has 0 radical (unpaired) electrons. The van der Waals surface area contributed by atoms with Gasteiger partial charge in [-0.1, -0.05) is 42.5 Å². The molecule has 0 spiro atoms. The third-order valence-electron chi connectivity index (χ3n) is 5.36. The lowest BCUT2D eigenvalue weighted by Gasteiger charge is -2.17. The van der Waals surface area contributed by atoms with Gasteiger partial charge in [-0.3, -0.25) is 9.59 Å². The van der Waals surface area contributed by atoms with Crippen molar-refractivity contribution in [2.24, 2.45) is 0 Å². The van der Waals surface area contributed by atoms with Crippen molar-refractivity contribution in [3.8, 4) is 11.3 Å². The van der Waals surface area contributed by atoms with Crippen molar-refractivity contribution in [1.82, 2.24) is 19.9 Å². The smallest absolute Gasteiger partial charge is 0.274 e. The average Bonchev–Trinajstić information content (AvgIpc) is 3.21. The van der Waals surface area contributed by atoms with Crippen LogP contribution in [0.3, 0.4) is 0 Å². The molecule has 0 fully saturated rings. The number of aromatic nitrogens is 3. The second kappa shape index (κ2) is 8.57. The quantitative estimate of drug-likeness (QED) is 0.504. The SMILES string of the molecule is COC[C@@H](NC(=O)c1cc2c(=O)[nH]c(-c3ccc(C)c(C)c3)cn2n1)c1ccccc1. The Labute approximate surface area is 179 Å². The van der Waals surface area contributed by atoms with E-state index in [0.29, 0.717) is 17.8 Å². The Morgan fingerprint density at radius 2 is 1.90 bits per heavy atom. The van der Waals surface area contributed by atoms with Crippen LogP contribution in [0.4, 0.5) is 0 Å². The van der Waals surface area contributed by atoms with Crippen LogP contribution in [-0.4, -0.2) is 34.2 Å². The number of hydrogen-bond donors (Lipinski definition) is 2. The molecule has 0 saturated carbocycles. The Morgan fingerprint density at radius 3 is 2.61 bits per heavy atom. The Hall–Kier alpha value is -3.71. The van der Waals surface area contributed by atoms with Crippen LogP contribution in [0.1, 0.15) is 33.2 Å². The van der Waals surface area contributed by atoms with Gasteiger partial charge in [0.2, 0.25) is 0 Å². The first kappa shape index (κ1) is 20.6. The zero-order chi connectivity index (χ0) is 22.0. The molecule has 4 rings (SSSR count). The summed E-state index contributed by atoms with van der Waals surface area (Å²) in [4.78, 5) is 28.4. The number of carbonyl (C=O) groups excluding carboxylic acids is 1. The van der Waals surface area contributed by atoms with E-state index in [2.05, 4.69) is 15.4 Å². The Balaban J connectivity index is 1.65. The molecule has 158 valence electrons. The van der Waals surface area contributed by atoms with Gasteiger partial charge >= 0.3 is 0 Å². The van der Waals surface area contributed by atoms with Gasteiger partial charge in [-0.15, -0.1) is 0 Å². The van der Waals surface area contributed by atoms with Crippen molar-refractivity contribution < 1.29 is 9.53 Å². The summed E-state index contributed by atoms with van der Waals surface area (Å²) in [6.45, 7) is 4.38. The summed E-state index contributed by atoms with van der Waals surface area (Å²) in [7, 11) is 1.58. The average molecular weight is 416 g/mol. The van der Waals surface area contributed by atoms with Gasteiger partial charge in [0.15, 0.2) is 5.69 Å². The van der Waals surface area contributed by atoms with E-state index in [0.717, 1.165) is 16.7 Å². The summed E-state index contributed by atoms with van der Waals surface area (Å²) in [5.74, 6) is -0.373. The lowest BCUT2D eigenvalue weighted by atomic mass is 10.0. The number of aryl methyl sites for hydroxylation is 2. The summed E-state index contributed by atoms with van der Waals surface area (Å²) >= 11 is 0. The molecule has 0 saturated heterocycles. The predicted molar refractivity (Wildman–Crippen MR) is 119 cm³/mol. The molecule has 7 nitrogen and oxygen atoms in total. The highest BCUT2D eigenvalue weighted by Gasteiger charge is 2.19. The van der Waals surface area contributed by atoms with Crippen molar-refractivity contribution in [3.63, 3.8) is 0 Å². The first-order valence-electron chi connectivity index (χ1n) is 10.0. The van der Waals surface area contributed by atoms with E-state index < -0.39 is 0 Å². The van der Waals surface area contributed by atoms with Crippen LogP contribution in [0, 0.1) is 13.8 Å². The second-order valence-electron chi connectivity index (χ2n) is 7.55. The van der Waals surface area contributed by atoms with Crippen molar-refractivity contribution >= 4 is 11.4 Å². The molecule has 1 amide bonds. The fourth-order valence-electron chi connectivity index (χ4n) is 3.48. The van der Waals surface area contributed by atoms with Crippen molar-refractivity contribution in [2.75, 3.05) is 13.7 Å². The van der Waals surface area contributed by atoms with Gasteiger partial charge in [-0.2, -0.15) is 5.10 Å². The highest BCUT2D eigenvalue weighted by molar-refractivity contribution is 5.93. The number of H-pyrrole nitrogens is 1. The van der Waals surface area contributed by atoms with E-state index >= 15 is 0 Å².